The number of aliphatic hydroxyl groups is 1. The van der Waals surface area contributed by atoms with Gasteiger partial charge in [-0.05, 0) is 41.3 Å². The quantitative estimate of drug-likeness (QED) is 0.404. The van der Waals surface area contributed by atoms with Gasteiger partial charge < -0.3 is 14.7 Å². The number of hydrogen-bond acceptors (Lipinski definition) is 6. The van der Waals surface area contributed by atoms with Gasteiger partial charge in [-0.3, -0.25) is 0 Å². The summed E-state index contributed by atoms with van der Waals surface area (Å²) in [4.78, 5) is 1.68. The van der Waals surface area contributed by atoms with Gasteiger partial charge in [-0.15, -0.1) is 11.3 Å². The summed E-state index contributed by atoms with van der Waals surface area (Å²) in [6, 6.07) is 11.4. The van der Waals surface area contributed by atoms with Crippen LogP contribution in [0.2, 0.25) is 0 Å². The second-order valence-corrected chi connectivity index (χ2v) is 11.6. The standard InChI is InChI=1S/C24H22F6N2O4S2/c1-36-18-5-2-4-16(14-18)19-15-17(22(33,23(25,26)27)24(28,29)30)7-8-20(19)31-9-11-32(12-10-31)38(34,35)21-6-3-13-37-21/h2-8,13-15,33H,9-12H2,1H3. The van der Waals surface area contributed by atoms with Crippen LogP contribution in [-0.2, 0) is 15.6 Å². The van der Waals surface area contributed by atoms with Crippen molar-refractivity contribution in [2.45, 2.75) is 22.2 Å². The minimum atomic E-state index is -6.04. The monoisotopic (exact) mass is 580 g/mol. The molecule has 1 saturated heterocycles. The van der Waals surface area contributed by atoms with E-state index in [4.69, 9.17) is 4.74 Å². The first-order valence-corrected chi connectivity index (χ1v) is 13.5. The highest BCUT2D eigenvalue weighted by Gasteiger charge is 2.71. The van der Waals surface area contributed by atoms with Gasteiger partial charge in [0.1, 0.15) is 9.96 Å². The topological polar surface area (TPSA) is 70.1 Å². The molecule has 14 heteroatoms. The third-order valence-corrected chi connectivity index (χ3v) is 9.56. The normalized spacial score (nSPS) is 16.1. The zero-order chi connectivity index (χ0) is 27.9. The Morgan fingerprint density at radius 1 is 0.895 bits per heavy atom. The molecule has 1 fully saturated rings. The van der Waals surface area contributed by atoms with E-state index < -0.39 is 33.5 Å². The molecule has 0 saturated carbocycles. The minimum Gasteiger partial charge on any atom is -0.497 e. The van der Waals surface area contributed by atoms with Crippen LogP contribution in [0.1, 0.15) is 5.56 Å². The van der Waals surface area contributed by atoms with Gasteiger partial charge in [-0.1, -0.05) is 24.3 Å². The number of alkyl halides is 6. The highest BCUT2D eigenvalue weighted by atomic mass is 32.2. The first-order valence-electron chi connectivity index (χ1n) is 11.1. The number of ether oxygens (including phenoxy) is 1. The molecule has 0 amide bonds. The van der Waals surface area contributed by atoms with Gasteiger partial charge in [0.25, 0.3) is 15.6 Å². The van der Waals surface area contributed by atoms with E-state index in [0.29, 0.717) is 17.9 Å². The van der Waals surface area contributed by atoms with Crippen LogP contribution in [0.25, 0.3) is 11.1 Å². The van der Waals surface area contributed by atoms with Crippen molar-refractivity contribution in [1.29, 1.82) is 0 Å². The van der Waals surface area contributed by atoms with Gasteiger partial charge in [0.05, 0.1) is 7.11 Å². The zero-order valence-electron chi connectivity index (χ0n) is 19.8. The number of anilines is 1. The summed E-state index contributed by atoms with van der Waals surface area (Å²) in [6.45, 7) is 0.358. The number of nitrogens with zero attached hydrogens (tertiary/aromatic N) is 2. The molecule has 1 N–H and O–H groups in total. The predicted octanol–water partition coefficient (Wildman–Crippen LogP) is 5.25. The summed E-state index contributed by atoms with van der Waals surface area (Å²) in [7, 11) is -2.37. The fourth-order valence-corrected chi connectivity index (χ4v) is 6.82. The Hall–Kier alpha value is -2.81. The van der Waals surface area contributed by atoms with Crippen molar-refractivity contribution in [3.05, 3.63) is 65.5 Å². The predicted molar refractivity (Wildman–Crippen MR) is 130 cm³/mol. The second-order valence-electron chi connectivity index (χ2n) is 8.49. The van der Waals surface area contributed by atoms with Crippen LogP contribution in [0.3, 0.4) is 0 Å². The number of hydrogen-bond donors (Lipinski definition) is 1. The van der Waals surface area contributed by atoms with Crippen molar-refractivity contribution < 1.29 is 44.6 Å². The first-order chi connectivity index (χ1) is 17.7. The average Bonchev–Trinajstić information content (AvgIpc) is 3.43. The molecular weight excluding hydrogens is 558 g/mol. The second kappa shape index (κ2) is 10.1. The van der Waals surface area contributed by atoms with E-state index >= 15 is 0 Å². The lowest BCUT2D eigenvalue weighted by Crippen LogP contribution is -2.54. The van der Waals surface area contributed by atoms with Crippen molar-refractivity contribution in [2.24, 2.45) is 0 Å². The minimum absolute atomic E-state index is 0.0112. The largest absolute Gasteiger partial charge is 0.497 e. The summed E-state index contributed by atoms with van der Waals surface area (Å²) in [6.07, 6.45) is -12.1. The van der Waals surface area contributed by atoms with Gasteiger partial charge in [0.15, 0.2) is 0 Å². The molecule has 6 nitrogen and oxygen atoms in total. The Morgan fingerprint density at radius 2 is 1.55 bits per heavy atom. The number of halogens is 6. The molecule has 0 aliphatic carbocycles. The number of benzene rings is 2. The maximum Gasteiger partial charge on any atom is 0.430 e. The number of methoxy groups -OCH3 is 1. The molecule has 1 aromatic heterocycles. The van der Waals surface area contributed by atoms with E-state index in [1.165, 1.54) is 35.7 Å². The van der Waals surface area contributed by atoms with E-state index in [-0.39, 0.29) is 47.2 Å². The number of sulfonamides is 1. The summed E-state index contributed by atoms with van der Waals surface area (Å²) >= 11 is 1.07. The molecule has 0 radical (unpaired) electrons. The Labute approximate surface area is 218 Å². The Morgan fingerprint density at radius 3 is 2.11 bits per heavy atom. The molecule has 0 bridgehead atoms. The molecule has 0 spiro atoms. The molecule has 0 unspecified atom stereocenters. The van der Waals surface area contributed by atoms with Crippen molar-refractivity contribution in [3.63, 3.8) is 0 Å². The SMILES string of the molecule is COc1cccc(-c2cc(C(O)(C(F)(F)F)C(F)(F)F)ccc2N2CCN(S(=O)(=O)c3cccs3)CC2)c1. The first kappa shape index (κ1) is 28.2. The van der Waals surface area contributed by atoms with Gasteiger partial charge >= 0.3 is 12.4 Å². The summed E-state index contributed by atoms with van der Waals surface area (Å²) < 4.78 is 114. The Balaban J connectivity index is 1.76. The average molecular weight is 581 g/mol. The highest BCUT2D eigenvalue weighted by Crippen LogP contribution is 2.51. The van der Waals surface area contributed by atoms with E-state index in [9.17, 15) is 39.9 Å². The van der Waals surface area contributed by atoms with E-state index in [1.807, 2.05) is 0 Å². The highest BCUT2D eigenvalue weighted by molar-refractivity contribution is 7.91. The fourth-order valence-electron chi connectivity index (χ4n) is 4.25. The molecule has 1 aliphatic heterocycles. The van der Waals surface area contributed by atoms with Crippen molar-refractivity contribution in [1.82, 2.24) is 4.31 Å². The van der Waals surface area contributed by atoms with Gasteiger partial charge in [-0.2, -0.15) is 30.6 Å². The third kappa shape index (κ3) is 4.97. The number of piperazine rings is 1. The van der Waals surface area contributed by atoms with Crippen LogP contribution < -0.4 is 9.64 Å². The molecule has 1 aliphatic rings. The smallest absolute Gasteiger partial charge is 0.430 e. The molecule has 38 heavy (non-hydrogen) atoms. The van der Waals surface area contributed by atoms with Crippen LogP contribution in [0.5, 0.6) is 5.75 Å². The lowest BCUT2D eigenvalue weighted by Gasteiger charge is -2.37. The van der Waals surface area contributed by atoms with Crippen LogP contribution in [0.15, 0.2) is 64.2 Å². The number of rotatable bonds is 6. The van der Waals surface area contributed by atoms with Crippen LogP contribution in [0, 0.1) is 0 Å². The number of thiophene rings is 1. The summed E-state index contributed by atoms with van der Waals surface area (Å²) in [5.74, 6) is 0.313. The summed E-state index contributed by atoms with van der Waals surface area (Å²) in [5.41, 5.74) is -5.97. The van der Waals surface area contributed by atoms with Gasteiger partial charge in [-0.25, -0.2) is 8.42 Å². The maximum absolute atomic E-state index is 13.6. The van der Waals surface area contributed by atoms with Crippen molar-refractivity contribution in [2.75, 3.05) is 38.2 Å². The third-order valence-electron chi connectivity index (χ3n) is 6.28. The lowest BCUT2D eigenvalue weighted by atomic mass is 9.88. The van der Waals surface area contributed by atoms with E-state index in [1.54, 1.807) is 22.4 Å². The van der Waals surface area contributed by atoms with E-state index in [0.717, 1.165) is 17.4 Å². The molecule has 2 aromatic carbocycles. The fraction of sp³-hybridized carbons (Fsp3) is 0.333. The summed E-state index contributed by atoms with van der Waals surface area (Å²) in [5, 5.41) is 11.6. The van der Waals surface area contributed by atoms with E-state index in [2.05, 4.69) is 0 Å². The molecule has 3 aromatic rings. The Bertz CT molecular complexity index is 1370. The molecule has 2 heterocycles. The Kier molecular flexibility index (Phi) is 7.47. The van der Waals surface area contributed by atoms with Crippen LogP contribution in [0.4, 0.5) is 32.0 Å². The van der Waals surface area contributed by atoms with Gasteiger partial charge in [0, 0.05) is 43.0 Å². The van der Waals surface area contributed by atoms with Crippen LogP contribution >= 0.6 is 11.3 Å². The molecule has 206 valence electrons. The van der Waals surface area contributed by atoms with Crippen LogP contribution in [-0.4, -0.2) is 63.5 Å². The van der Waals surface area contributed by atoms with Gasteiger partial charge in [0.2, 0.25) is 0 Å². The zero-order valence-corrected chi connectivity index (χ0v) is 21.4. The lowest BCUT2D eigenvalue weighted by molar-refractivity contribution is -0.376. The van der Waals surface area contributed by atoms with Crippen molar-refractivity contribution in [3.8, 4) is 16.9 Å². The molecule has 4 rings (SSSR count). The molecular formula is C24H22F6N2O4S2. The molecule has 0 atom stereocenters. The van der Waals surface area contributed by atoms with Crippen molar-refractivity contribution >= 4 is 27.0 Å². The maximum atomic E-state index is 13.6.